The molecule has 1 saturated heterocycles. The molecule has 1 fully saturated rings. The van der Waals surface area contributed by atoms with E-state index in [0.29, 0.717) is 25.0 Å². The Morgan fingerprint density at radius 1 is 1.41 bits per heavy atom. The number of carbonyl (C=O) groups is 1. The number of nitrogens with one attached hydrogen (secondary N) is 1. The molecule has 1 aromatic carbocycles. The Hall–Kier alpha value is -1.20. The molecule has 2 aliphatic rings. The van der Waals surface area contributed by atoms with E-state index in [-0.39, 0.29) is 5.91 Å². The Balaban J connectivity index is 1.49. The third-order valence-corrected chi connectivity index (χ3v) is 5.70. The van der Waals surface area contributed by atoms with Crippen LogP contribution in [-0.2, 0) is 4.79 Å². The van der Waals surface area contributed by atoms with Crippen molar-refractivity contribution in [3.63, 3.8) is 0 Å². The van der Waals surface area contributed by atoms with Crippen LogP contribution in [0.3, 0.4) is 0 Å². The highest BCUT2D eigenvalue weighted by Gasteiger charge is 2.24. The van der Waals surface area contributed by atoms with Crippen molar-refractivity contribution >= 4 is 17.7 Å². The number of rotatable bonds is 5. The molecule has 1 aromatic rings. The molecule has 1 N–H and O–H groups in total. The van der Waals surface area contributed by atoms with Crippen LogP contribution in [0.1, 0.15) is 24.3 Å². The van der Waals surface area contributed by atoms with E-state index in [0.717, 1.165) is 24.5 Å². The minimum atomic E-state index is 0.128. The first-order chi connectivity index (χ1) is 10.7. The number of amides is 1. The van der Waals surface area contributed by atoms with Crippen molar-refractivity contribution in [2.75, 3.05) is 38.2 Å². The molecule has 5 heteroatoms. The Labute approximate surface area is 136 Å². The van der Waals surface area contributed by atoms with Crippen LogP contribution in [0.2, 0.25) is 0 Å². The number of benzene rings is 1. The number of carbonyl (C=O) groups excluding carboxylic acids is 1. The lowest BCUT2D eigenvalue weighted by atomic mass is 9.93. The van der Waals surface area contributed by atoms with Gasteiger partial charge in [0.1, 0.15) is 5.75 Å². The second-order valence-electron chi connectivity index (χ2n) is 6.11. The fraction of sp³-hybridized carbons (Fsp3) is 0.588. The van der Waals surface area contributed by atoms with E-state index in [9.17, 15) is 4.79 Å². The van der Waals surface area contributed by atoms with Crippen LogP contribution in [0.15, 0.2) is 24.3 Å². The van der Waals surface area contributed by atoms with Crippen LogP contribution in [0, 0.1) is 0 Å². The first-order valence-corrected chi connectivity index (χ1v) is 9.16. The smallest absolute Gasteiger partial charge is 0.234 e. The summed E-state index contributed by atoms with van der Waals surface area (Å²) in [6, 6.07) is 8.70. The van der Waals surface area contributed by atoms with Crippen LogP contribution >= 0.6 is 11.8 Å². The minimum Gasteiger partial charge on any atom is -0.493 e. The zero-order valence-electron chi connectivity index (χ0n) is 13.1. The Bertz CT molecular complexity index is 517. The minimum absolute atomic E-state index is 0.128. The molecule has 2 heterocycles. The topological polar surface area (TPSA) is 41.6 Å². The first-order valence-electron chi connectivity index (χ1n) is 8.00. The van der Waals surface area contributed by atoms with Crippen molar-refractivity contribution < 1.29 is 9.53 Å². The van der Waals surface area contributed by atoms with Gasteiger partial charge in [0, 0.05) is 24.3 Å². The molecule has 0 aromatic heterocycles. The van der Waals surface area contributed by atoms with Crippen LogP contribution in [0.25, 0.3) is 0 Å². The first kappa shape index (κ1) is 15.7. The summed E-state index contributed by atoms with van der Waals surface area (Å²) in [7, 11) is 2.06. The van der Waals surface area contributed by atoms with E-state index in [4.69, 9.17) is 4.74 Å². The van der Waals surface area contributed by atoms with Crippen LogP contribution < -0.4 is 10.1 Å². The molecular formula is C17H24N2O2S. The van der Waals surface area contributed by atoms with Gasteiger partial charge in [-0.15, -0.1) is 0 Å². The summed E-state index contributed by atoms with van der Waals surface area (Å²) in [5.74, 6) is 3.82. The molecule has 1 amide bonds. The number of likely N-dealkylation sites (N-methyl/N-ethyl adjacent to an activating group) is 1. The number of hydrogen-bond donors (Lipinski definition) is 1. The third kappa shape index (κ3) is 3.76. The van der Waals surface area contributed by atoms with Crippen molar-refractivity contribution in [2.24, 2.45) is 0 Å². The lowest BCUT2D eigenvalue weighted by Crippen LogP contribution is -2.42. The second-order valence-corrected chi connectivity index (χ2v) is 7.26. The van der Waals surface area contributed by atoms with E-state index in [1.165, 1.54) is 17.7 Å². The van der Waals surface area contributed by atoms with Crippen LogP contribution in [0.5, 0.6) is 5.75 Å². The Kier molecular flexibility index (Phi) is 5.26. The number of fused-ring (bicyclic) bond motifs is 1. The average molecular weight is 320 g/mol. The van der Waals surface area contributed by atoms with E-state index in [2.05, 4.69) is 23.3 Å². The number of thioether (sulfide) groups is 1. The molecule has 120 valence electrons. The predicted octanol–water partition coefficient (Wildman–Crippen LogP) is 2.11. The second kappa shape index (κ2) is 7.38. The van der Waals surface area contributed by atoms with Gasteiger partial charge in [-0.1, -0.05) is 18.2 Å². The van der Waals surface area contributed by atoms with Gasteiger partial charge in [-0.05, 0) is 37.3 Å². The largest absolute Gasteiger partial charge is 0.493 e. The fourth-order valence-corrected chi connectivity index (χ4v) is 4.44. The molecule has 3 rings (SSSR count). The molecule has 2 atom stereocenters. The van der Waals surface area contributed by atoms with Gasteiger partial charge in [-0.2, -0.15) is 11.8 Å². The summed E-state index contributed by atoms with van der Waals surface area (Å²) in [4.78, 5) is 14.4. The SMILES string of the molecule is CN(CC(=O)NC[C@H]1CCOc2ccccc21)[C@H]1CCSC1. The van der Waals surface area contributed by atoms with Crippen LogP contribution in [0.4, 0.5) is 0 Å². The van der Waals surface area contributed by atoms with Crippen LogP contribution in [-0.4, -0.2) is 55.1 Å². The van der Waals surface area contributed by atoms with E-state index >= 15 is 0 Å². The maximum absolute atomic E-state index is 12.2. The number of hydrogen-bond acceptors (Lipinski definition) is 4. The molecular weight excluding hydrogens is 296 g/mol. The number of nitrogens with zero attached hydrogens (tertiary/aromatic N) is 1. The highest BCUT2D eigenvalue weighted by Crippen LogP contribution is 2.32. The highest BCUT2D eigenvalue weighted by atomic mass is 32.2. The molecule has 22 heavy (non-hydrogen) atoms. The van der Waals surface area contributed by atoms with Crippen molar-refractivity contribution in [2.45, 2.75) is 24.8 Å². The zero-order valence-corrected chi connectivity index (χ0v) is 13.9. The van der Waals surface area contributed by atoms with Gasteiger partial charge in [-0.3, -0.25) is 9.69 Å². The molecule has 0 spiro atoms. The predicted molar refractivity (Wildman–Crippen MR) is 90.7 cm³/mol. The van der Waals surface area contributed by atoms with Crippen molar-refractivity contribution in [3.05, 3.63) is 29.8 Å². The molecule has 0 saturated carbocycles. The summed E-state index contributed by atoms with van der Waals surface area (Å²) in [5, 5.41) is 3.10. The summed E-state index contributed by atoms with van der Waals surface area (Å²) in [6.07, 6.45) is 2.16. The lowest BCUT2D eigenvalue weighted by Gasteiger charge is -2.27. The monoisotopic (exact) mass is 320 g/mol. The van der Waals surface area contributed by atoms with Crippen molar-refractivity contribution in [3.8, 4) is 5.75 Å². The highest BCUT2D eigenvalue weighted by molar-refractivity contribution is 7.99. The number of ether oxygens (including phenoxy) is 1. The summed E-state index contributed by atoms with van der Waals surface area (Å²) >= 11 is 1.98. The summed E-state index contributed by atoms with van der Waals surface area (Å²) < 4.78 is 5.67. The zero-order chi connectivity index (χ0) is 15.4. The summed E-state index contributed by atoms with van der Waals surface area (Å²) in [5.41, 5.74) is 1.22. The van der Waals surface area contributed by atoms with Gasteiger partial charge < -0.3 is 10.1 Å². The van der Waals surface area contributed by atoms with Gasteiger partial charge >= 0.3 is 0 Å². The normalized spacial score (nSPS) is 23.9. The molecule has 2 aliphatic heterocycles. The van der Waals surface area contributed by atoms with Gasteiger partial charge in [0.05, 0.1) is 13.2 Å². The molecule has 0 bridgehead atoms. The maximum Gasteiger partial charge on any atom is 0.234 e. The third-order valence-electron chi connectivity index (χ3n) is 4.55. The van der Waals surface area contributed by atoms with Gasteiger partial charge in [-0.25, -0.2) is 0 Å². The lowest BCUT2D eigenvalue weighted by molar-refractivity contribution is -0.122. The maximum atomic E-state index is 12.2. The summed E-state index contributed by atoms with van der Waals surface area (Å²) in [6.45, 7) is 1.93. The van der Waals surface area contributed by atoms with Gasteiger partial charge in [0.15, 0.2) is 0 Å². The number of para-hydroxylation sites is 1. The van der Waals surface area contributed by atoms with E-state index in [1.807, 2.05) is 30.0 Å². The van der Waals surface area contributed by atoms with E-state index in [1.54, 1.807) is 0 Å². The quantitative estimate of drug-likeness (QED) is 0.902. The molecule has 0 unspecified atom stereocenters. The molecule has 0 radical (unpaired) electrons. The van der Waals surface area contributed by atoms with Gasteiger partial charge in [0.25, 0.3) is 0 Å². The average Bonchev–Trinajstić information content (AvgIpc) is 3.07. The van der Waals surface area contributed by atoms with Crippen molar-refractivity contribution in [1.29, 1.82) is 0 Å². The molecule has 0 aliphatic carbocycles. The van der Waals surface area contributed by atoms with E-state index < -0.39 is 0 Å². The molecule has 4 nitrogen and oxygen atoms in total. The Morgan fingerprint density at radius 3 is 3.09 bits per heavy atom. The fourth-order valence-electron chi connectivity index (χ4n) is 3.15. The standard InChI is InChI=1S/C17H24N2O2S/c1-19(14-7-9-22-12-14)11-17(20)18-10-13-6-8-21-16-5-3-2-4-15(13)16/h2-5,13-14H,6-12H2,1H3,(H,18,20)/t13-,14+/m1/s1. The van der Waals surface area contributed by atoms with Crippen molar-refractivity contribution in [1.82, 2.24) is 10.2 Å². The Morgan fingerprint density at radius 2 is 2.27 bits per heavy atom. The van der Waals surface area contributed by atoms with Gasteiger partial charge in [0.2, 0.25) is 5.91 Å².